The van der Waals surface area contributed by atoms with E-state index in [0.29, 0.717) is 0 Å². The second kappa shape index (κ2) is 7.13. The molecule has 0 aliphatic carbocycles. The largest absolute Gasteiger partial charge is 0.454 e. The van der Waals surface area contributed by atoms with Crippen LogP contribution in [0.25, 0.3) is 42.4 Å². The second-order valence-corrected chi connectivity index (χ2v) is 6.87. The molecule has 0 N–H and O–H groups in total. The standard InChI is InChI=1S/C11H7NO.C10H6N2S.CH4/c1-2-5-9-8(4-1)11-10(13-9)6-3-7-12-11;1-2-4-8-7(3-1)10-9(13-8)5-11-6-12-10;/h1-7H;1-6H;1H4. The van der Waals surface area contributed by atoms with Gasteiger partial charge in [0.2, 0.25) is 0 Å². The monoisotopic (exact) mass is 371 g/mol. The molecule has 4 nitrogen and oxygen atoms in total. The summed E-state index contributed by atoms with van der Waals surface area (Å²) in [5, 5.41) is 2.31. The van der Waals surface area contributed by atoms with E-state index in [2.05, 4.69) is 27.1 Å². The average Bonchev–Trinajstić information content (AvgIpc) is 3.27. The summed E-state index contributed by atoms with van der Waals surface area (Å²) in [6, 6.07) is 20.0. The summed E-state index contributed by atoms with van der Waals surface area (Å²) in [4.78, 5) is 12.6. The third-order valence-corrected chi connectivity index (χ3v) is 5.27. The number of aromatic nitrogens is 3. The minimum Gasteiger partial charge on any atom is -0.454 e. The first kappa shape index (κ1) is 17.1. The first-order valence-corrected chi connectivity index (χ1v) is 9.01. The first-order valence-electron chi connectivity index (χ1n) is 8.20. The van der Waals surface area contributed by atoms with Gasteiger partial charge < -0.3 is 4.42 Å². The number of fused-ring (bicyclic) bond motifs is 6. The summed E-state index contributed by atoms with van der Waals surface area (Å²) in [5.74, 6) is 0. The molecule has 2 aromatic carbocycles. The molecule has 0 spiro atoms. The predicted octanol–water partition coefficient (Wildman–Crippen LogP) is 6.46. The number of hydrogen-bond donors (Lipinski definition) is 0. The SMILES string of the molecule is C.c1ccc2c(c1)oc1cccnc12.c1ccc2c(c1)sc1cncnc12. The molecule has 6 rings (SSSR count). The van der Waals surface area contributed by atoms with Crippen molar-refractivity contribution in [2.24, 2.45) is 0 Å². The molecule has 5 heteroatoms. The van der Waals surface area contributed by atoms with Crippen molar-refractivity contribution in [1.82, 2.24) is 15.0 Å². The van der Waals surface area contributed by atoms with E-state index in [9.17, 15) is 0 Å². The molecule has 0 atom stereocenters. The topological polar surface area (TPSA) is 51.8 Å². The van der Waals surface area contributed by atoms with Gasteiger partial charge in [-0.05, 0) is 30.3 Å². The lowest BCUT2D eigenvalue weighted by Gasteiger charge is -1.86. The number of hydrogen-bond acceptors (Lipinski definition) is 5. The molecule has 6 aromatic rings. The Morgan fingerprint density at radius 3 is 2.41 bits per heavy atom. The Kier molecular flexibility index (Phi) is 4.52. The van der Waals surface area contributed by atoms with E-state index >= 15 is 0 Å². The number of benzene rings is 2. The number of pyridine rings is 1. The second-order valence-electron chi connectivity index (χ2n) is 5.78. The molecule has 0 unspecified atom stereocenters. The summed E-state index contributed by atoms with van der Waals surface area (Å²) < 4.78 is 8.02. The lowest BCUT2D eigenvalue weighted by Crippen LogP contribution is -1.74. The van der Waals surface area contributed by atoms with Crippen LogP contribution in [-0.4, -0.2) is 15.0 Å². The Morgan fingerprint density at radius 2 is 1.48 bits per heavy atom. The van der Waals surface area contributed by atoms with E-state index in [1.54, 1.807) is 23.9 Å². The van der Waals surface area contributed by atoms with Crippen LogP contribution in [0, 0.1) is 0 Å². The maximum Gasteiger partial charge on any atom is 0.153 e. The summed E-state index contributed by atoms with van der Waals surface area (Å²) in [6.07, 6.45) is 5.25. The van der Waals surface area contributed by atoms with Crippen molar-refractivity contribution in [2.45, 2.75) is 7.43 Å². The number of nitrogens with zero attached hydrogens (tertiary/aromatic N) is 3. The van der Waals surface area contributed by atoms with Crippen molar-refractivity contribution in [3.05, 3.63) is 79.4 Å². The Bertz CT molecular complexity index is 1150. The zero-order valence-corrected chi connectivity index (χ0v) is 14.5. The number of rotatable bonds is 0. The van der Waals surface area contributed by atoms with Crippen LogP contribution in [0.1, 0.15) is 7.43 Å². The summed E-state index contributed by atoms with van der Waals surface area (Å²) in [6.45, 7) is 0. The van der Waals surface area contributed by atoms with Crippen molar-refractivity contribution in [2.75, 3.05) is 0 Å². The molecular formula is C22H17N3OS. The van der Waals surface area contributed by atoms with E-state index in [1.165, 1.54) is 10.1 Å². The summed E-state index contributed by atoms with van der Waals surface area (Å²) in [7, 11) is 0. The van der Waals surface area contributed by atoms with Crippen molar-refractivity contribution >= 4 is 53.7 Å². The highest BCUT2D eigenvalue weighted by molar-refractivity contribution is 7.25. The van der Waals surface area contributed by atoms with Gasteiger partial charge in [0.05, 0.1) is 10.2 Å². The number of para-hydroxylation sites is 1. The predicted molar refractivity (Wildman–Crippen MR) is 113 cm³/mol. The maximum absolute atomic E-state index is 5.59. The fourth-order valence-corrected chi connectivity index (χ4v) is 4.04. The van der Waals surface area contributed by atoms with Gasteiger partial charge in [-0.15, -0.1) is 11.3 Å². The average molecular weight is 371 g/mol. The molecule has 4 aromatic heterocycles. The minimum absolute atomic E-state index is 0. The lowest BCUT2D eigenvalue weighted by atomic mass is 10.2. The lowest BCUT2D eigenvalue weighted by molar-refractivity contribution is 0.668. The van der Waals surface area contributed by atoms with Crippen LogP contribution < -0.4 is 0 Å². The number of thiophene rings is 1. The van der Waals surface area contributed by atoms with Gasteiger partial charge in [-0.2, -0.15) is 0 Å². The molecule has 0 bridgehead atoms. The van der Waals surface area contributed by atoms with Crippen molar-refractivity contribution in [3.63, 3.8) is 0 Å². The Morgan fingerprint density at radius 1 is 0.704 bits per heavy atom. The smallest absolute Gasteiger partial charge is 0.153 e. The molecule has 0 saturated carbocycles. The highest BCUT2D eigenvalue weighted by Crippen LogP contribution is 2.31. The molecule has 0 radical (unpaired) electrons. The molecule has 0 fully saturated rings. The van der Waals surface area contributed by atoms with Crippen LogP contribution in [-0.2, 0) is 0 Å². The van der Waals surface area contributed by atoms with Crippen LogP contribution in [0.5, 0.6) is 0 Å². The quantitative estimate of drug-likeness (QED) is 0.307. The summed E-state index contributed by atoms with van der Waals surface area (Å²) in [5.41, 5.74) is 3.76. The number of furan rings is 1. The summed E-state index contributed by atoms with van der Waals surface area (Å²) >= 11 is 1.74. The molecule has 0 saturated heterocycles. The van der Waals surface area contributed by atoms with Gasteiger partial charge in [0.15, 0.2) is 5.58 Å². The van der Waals surface area contributed by atoms with Gasteiger partial charge in [0, 0.05) is 27.9 Å². The molecule has 132 valence electrons. The van der Waals surface area contributed by atoms with E-state index in [4.69, 9.17) is 4.42 Å². The first-order chi connectivity index (χ1) is 12.9. The van der Waals surface area contributed by atoms with Crippen molar-refractivity contribution < 1.29 is 4.42 Å². The van der Waals surface area contributed by atoms with E-state index < -0.39 is 0 Å². The van der Waals surface area contributed by atoms with Crippen LogP contribution >= 0.6 is 11.3 Å². The fraction of sp³-hybridized carbons (Fsp3) is 0.0455. The van der Waals surface area contributed by atoms with Crippen molar-refractivity contribution in [3.8, 4) is 0 Å². The Balaban J connectivity index is 0.000000129. The van der Waals surface area contributed by atoms with Crippen LogP contribution in [0.4, 0.5) is 0 Å². The van der Waals surface area contributed by atoms with Crippen LogP contribution in [0.3, 0.4) is 0 Å². The van der Waals surface area contributed by atoms with Crippen LogP contribution in [0.2, 0.25) is 0 Å². The highest BCUT2D eigenvalue weighted by Gasteiger charge is 2.05. The van der Waals surface area contributed by atoms with E-state index in [0.717, 1.165) is 32.3 Å². The van der Waals surface area contributed by atoms with Gasteiger partial charge in [0.25, 0.3) is 0 Å². The highest BCUT2D eigenvalue weighted by atomic mass is 32.1. The van der Waals surface area contributed by atoms with Gasteiger partial charge in [-0.1, -0.05) is 37.8 Å². The molecule has 0 amide bonds. The Labute approximate surface area is 160 Å². The van der Waals surface area contributed by atoms with Crippen molar-refractivity contribution in [1.29, 1.82) is 0 Å². The molecule has 27 heavy (non-hydrogen) atoms. The molecular weight excluding hydrogens is 354 g/mol. The Hall–Kier alpha value is -3.31. The fourth-order valence-electron chi connectivity index (χ4n) is 3.01. The zero-order chi connectivity index (χ0) is 17.3. The van der Waals surface area contributed by atoms with Gasteiger partial charge in [-0.25, -0.2) is 9.97 Å². The zero-order valence-electron chi connectivity index (χ0n) is 13.7. The van der Waals surface area contributed by atoms with Gasteiger partial charge >= 0.3 is 0 Å². The normalized spacial score (nSPS) is 10.7. The van der Waals surface area contributed by atoms with E-state index in [-0.39, 0.29) is 7.43 Å². The van der Waals surface area contributed by atoms with Gasteiger partial charge in [0.1, 0.15) is 17.4 Å². The molecule has 0 aliphatic heterocycles. The minimum atomic E-state index is 0. The molecule has 4 heterocycles. The van der Waals surface area contributed by atoms with E-state index in [1.807, 2.05) is 54.7 Å². The third-order valence-electron chi connectivity index (χ3n) is 4.17. The third kappa shape index (κ3) is 3.02. The maximum atomic E-state index is 5.59. The van der Waals surface area contributed by atoms with Crippen LogP contribution in [0.15, 0.2) is 83.8 Å². The van der Waals surface area contributed by atoms with Gasteiger partial charge in [-0.3, -0.25) is 4.98 Å². The molecule has 0 aliphatic rings.